The number of hydrogen-bond acceptors (Lipinski definition) is 8. The molecule has 17 heteroatoms. The molecule has 2 saturated carbocycles. The van der Waals surface area contributed by atoms with Gasteiger partial charge in [0.1, 0.15) is 6.04 Å². The number of rotatable bonds is 14. The summed E-state index contributed by atoms with van der Waals surface area (Å²) < 4.78 is 55.9. The molecule has 0 saturated heterocycles. The van der Waals surface area contributed by atoms with Gasteiger partial charge in [-0.25, -0.2) is 9.78 Å². The Kier molecular flexibility index (Phi) is 13.1. The van der Waals surface area contributed by atoms with Crippen molar-refractivity contribution in [3.63, 3.8) is 0 Å². The number of nitrogens with two attached hydrogens (primary N) is 1. The fourth-order valence-corrected chi connectivity index (χ4v) is 7.58. The van der Waals surface area contributed by atoms with Crippen LogP contribution in [-0.2, 0) is 26.7 Å². The van der Waals surface area contributed by atoms with Crippen LogP contribution in [0.4, 0.5) is 23.2 Å². The molecule has 2 fully saturated rings. The van der Waals surface area contributed by atoms with Gasteiger partial charge in [-0.2, -0.15) is 22.7 Å². The fourth-order valence-electron chi connectivity index (χ4n) is 7.58. The van der Waals surface area contributed by atoms with Gasteiger partial charge in [0, 0.05) is 35.2 Å². The highest BCUT2D eigenvalue weighted by Crippen LogP contribution is 2.42. The Morgan fingerprint density at radius 2 is 1.53 bits per heavy atom. The van der Waals surface area contributed by atoms with Crippen molar-refractivity contribution in [2.75, 3.05) is 11.9 Å². The number of H-pyrrole nitrogens is 1. The lowest BCUT2D eigenvalue weighted by atomic mass is 9.81. The normalized spacial score (nSPS) is 20.3. The zero-order chi connectivity index (χ0) is 42.5. The highest BCUT2D eigenvalue weighted by Gasteiger charge is 2.65. The minimum atomic E-state index is -5.44. The fraction of sp³-hybridized carbons (Fsp3) is 0.429. The molecule has 0 aliphatic heterocycles. The van der Waals surface area contributed by atoms with E-state index < -0.39 is 41.4 Å². The van der Waals surface area contributed by atoms with Crippen molar-refractivity contribution in [1.82, 2.24) is 25.8 Å². The number of amides is 3. The van der Waals surface area contributed by atoms with Gasteiger partial charge in [-0.3, -0.25) is 19.5 Å². The first-order valence-corrected chi connectivity index (χ1v) is 19.6. The first kappa shape index (κ1) is 42.9. The van der Waals surface area contributed by atoms with Crippen LogP contribution in [-0.4, -0.2) is 79.7 Å². The summed E-state index contributed by atoms with van der Waals surface area (Å²) in [6.45, 7) is 2.47. The maximum atomic E-state index is 14.3. The molecular weight excluding hydrogens is 774 g/mol. The number of aliphatic hydroxyl groups excluding tert-OH is 1. The number of hydrogen-bond donors (Lipinski definition) is 7. The molecule has 314 valence electrons. The topological polar surface area (TPSA) is 212 Å². The van der Waals surface area contributed by atoms with E-state index in [1.54, 1.807) is 11.2 Å². The van der Waals surface area contributed by atoms with Gasteiger partial charge in [0.25, 0.3) is 5.91 Å². The van der Waals surface area contributed by atoms with Crippen LogP contribution in [0, 0.1) is 18.8 Å². The maximum absolute atomic E-state index is 14.3. The maximum Gasteiger partial charge on any atom is 0.411 e. The van der Waals surface area contributed by atoms with E-state index in [9.17, 15) is 41.8 Å². The second-order valence-electron chi connectivity index (χ2n) is 15.5. The number of halogens is 4. The minimum Gasteiger partial charge on any atom is -0.477 e. The summed E-state index contributed by atoms with van der Waals surface area (Å²) in [5.74, 6) is -16.6. The smallest absolute Gasteiger partial charge is 0.411 e. The lowest BCUT2D eigenvalue weighted by Gasteiger charge is -2.28. The standard InChI is InChI=1S/C42H47F4N7O6/c1-23-20-29(37(56)48-31-15-17-32(54)18-16-31)12-19-33(23)26-6-2-24(3-7-26)21-34(50-36(55)28-8-4-25(22-47)5-9-28)38(57)49-30-13-10-27(11-14-30)35-51-39(53-52-35)41(43,44)42(45,46)40(58)59/h2-3,6-7,10-14,19-20,25,28,31-32,34,54H,4-5,8-9,15-18,21-22,47H2,1H3,(H,48,56)(H,49,57)(H,50,55)(H,58,59)(H,51,52,53). The number of aliphatic hydroxyl groups is 1. The van der Waals surface area contributed by atoms with Crippen molar-refractivity contribution < 1.29 is 47.0 Å². The molecule has 2 aliphatic rings. The van der Waals surface area contributed by atoms with Crippen LogP contribution in [0.5, 0.6) is 0 Å². The molecular formula is C42H47F4N7O6. The Morgan fingerprint density at radius 3 is 2.14 bits per heavy atom. The van der Waals surface area contributed by atoms with E-state index in [0.717, 1.165) is 47.9 Å². The van der Waals surface area contributed by atoms with Crippen molar-refractivity contribution in [3.8, 4) is 22.5 Å². The van der Waals surface area contributed by atoms with E-state index in [1.165, 1.54) is 24.3 Å². The number of carbonyl (C=O) groups is 4. The molecule has 1 aromatic heterocycles. The summed E-state index contributed by atoms with van der Waals surface area (Å²) in [5.41, 5.74) is 10.2. The minimum absolute atomic E-state index is 0.0294. The largest absolute Gasteiger partial charge is 0.477 e. The number of nitrogens with zero attached hydrogens (tertiary/aromatic N) is 2. The van der Waals surface area contributed by atoms with Crippen molar-refractivity contribution in [2.45, 2.75) is 94.7 Å². The van der Waals surface area contributed by atoms with Gasteiger partial charge in [-0.15, -0.1) is 0 Å². The van der Waals surface area contributed by atoms with E-state index in [4.69, 9.17) is 10.8 Å². The molecule has 1 atom stereocenters. The Morgan fingerprint density at radius 1 is 0.881 bits per heavy atom. The molecule has 1 unspecified atom stereocenters. The summed E-state index contributed by atoms with van der Waals surface area (Å²) in [6, 6.07) is 17.6. The Balaban J connectivity index is 1.14. The predicted octanol–water partition coefficient (Wildman–Crippen LogP) is 5.72. The Labute approximate surface area is 337 Å². The van der Waals surface area contributed by atoms with E-state index >= 15 is 0 Å². The molecule has 6 rings (SSSR count). The molecule has 0 bridgehead atoms. The second kappa shape index (κ2) is 18.1. The van der Waals surface area contributed by atoms with Crippen LogP contribution in [0.25, 0.3) is 22.5 Å². The molecule has 8 N–H and O–H groups in total. The van der Waals surface area contributed by atoms with Gasteiger partial charge in [-0.05, 0) is 129 Å². The summed E-state index contributed by atoms with van der Waals surface area (Å²) >= 11 is 0. The van der Waals surface area contributed by atoms with Gasteiger partial charge < -0.3 is 31.9 Å². The van der Waals surface area contributed by atoms with E-state index in [0.29, 0.717) is 43.7 Å². The van der Waals surface area contributed by atoms with Crippen molar-refractivity contribution in [3.05, 3.63) is 89.2 Å². The molecule has 2 aliphatic carbocycles. The molecule has 0 radical (unpaired) electrons. The summed E-state index contributed by atoms with van der Waals surface area (Å²) in [7, 11) is 0. The van der Waals surface area contributed by atoms with Gasteiger partial charge >= 0.3 is 17.8 Å². The predicted molar refractivity (Wildman–Crippen MR) is 209 cm³/mol. The number of aromatic amines is 1. The molecule has 1 heterocycles. The number of benzene rings is 3. The first-order chi connectivity index (χ1) is 28.0. The lowest BCUT2D eigenvalue weighted by Crippen LogP contribution is -2.48. The number of alkyl halides is 4. The molecule has 3 amide bonds. The molecule has 4 aromatic rings. The number of carboxylic acid groups (broad SMARTS) is 1. The van der Waals surface area contributed by atoms with Crippen molar-refractivity contribution in [1.29, 1.82) is 0 Å². The third kappa shape index (κ3) is 9.96. The van der Waals surface area contributed by atoms with Crippen LogP contribution < -0.4 is 21.7 Å². The van der Waals surface area contributed by atoms with Crippen molar-refractivity contribution in [2.24, 2.45) is 17.6 Å². The lowest BCUT2D eigenvalue weighted by molar-refractivity contribution is -0.231. The van der Waals surface area contributed by atoms with E-state index in [-0.39, 0.29) is 47.5 Å². The summed E-state index contributed by atoms with van der Waals surface area (Å²) in [5, 5.41) is 32.3. The number of aliphatic carboxylic acids is 1. The zero-order valence-electron chi connectivity index (χ0n) is 32.3. The number of aryl methyl sites for hydroxylation is 1. The van der Waals surface area contributed by atoms with Crippen LogP contribution in [0.1, 0.15) is 78.7 Å². The zero-order valence-corrected chi connectivity index (χ0v) is 32.3. The first-order valence-electron chi connectivity index (χ1n) is 19.6. The van der Waals surface area contributed by atoms with Crippen LogP contribution in [0.2, 0.25) is 0 Å². The van der Waals surface area contributed by atoms with Gasteiger partial charge in [0.15, 0.2) is 5.82 Å². The molecule has 59 heavy (non-hydrogen) atoms. The van der Waals surface area contributed by atoms with Gasteiger partial charge in [0.2, 0.25) is 17.6 Å². The monoisotopic (exact) mass is 821 g/mol. The highest BCUT2D eigenvalue weighted by molar-refractivity contribution is 5.98. The molecule has 13 nitrogen and oxygen atoms in total. The SMILES string of the molecule is Cc1cc(C(=O)NC2CCC(O)CC2)ccc1-c1ccc(CC(NC(=O)C2CCC(CN)CC2)C(=O)Nc2ccc(-c3n[nH]c(C(F)(F)C(F)(F)C(=O)O)n3)cc2)cc1. The number of carbonyl (C=O) groups excluding carboxylic acids is 3. The molecule has 3 aromatic carbocycles. The third-order valence-electron chi connectivity index (χ3n) is 11.3. The third-order valence-corrected chi connectivity index (χ3v) is 11.3. The number of anilines is 1. The average molecular weight is 822 g/mol. The van der Waals surface area contributed by atoms with Crippen molar-refractivity contribution >= 4 is 29.4 Å². The van der Waals surface area contributed by atoms with Gasteiger partial charge in [-0.1, -0.05) is 30.3 Å². The van der Waals surface area contributed by atoms with Crippen LogP contribution >= 0.6 is 0 Å². The quantitative estimate of drug-likeness (QED) is 0.0774. The Hall–Kier alpha value is -5.68. The summed E-state index contributed by atoms with van der Waals surface area (Å²) in [6.07, 6.45) is 5.53. The number of carboxylic acids is 1. The number of aromatic nitrogens is 3. The average Bonchev–Trinajstić information content (AvgIpc) is 3.73. The van der Waals surface area contributed by atoms with Crippen LogP contribution in [0.3, 0.4) is 0 Å². The summed E-state index contributed by atoms with van der Waals surface area (Å²) in [4.78, 5) is 54.4. The van der Waals surface area contributed by atoms with Gasteiger partial charge in [0.05, 0.1) is 6.10 Å². The number of nitrogens with one attached hydrogen (secondary N) is 4. The second-order valence-corrected chi connectivity index (χ2v) is 15.5. The van der Waals surface area contributed by atoms with E-state index in [2.05, 4.69) is 26.0 Å². The highest BCUT2D eigenvalue weighted by atomic mass is 19.3. The van der Waals surface area contributed by atoms with Crippen LogP contribution in [0.15, 0.2) is 66.7 Å². The van der Waals surface area contributed by atoms with E-state index in [1.807, 2.05) is 43.3 Å². The molecule has 0 spiro atoms. The Bertz CT molecular complexity index is 2130.